The number of halogens is 1. The average Bonchev–Trinajstić information content (AvgIpc) is 3.02. The number of benzene rings is 2. The molecule has 1 amide bonds. The molecular formula is C23H20IN5O2. The molecule has 0 spiro atoms. The number of ether oxygens (including phenoxy) is 1. The van der Waals surface area contributed by atoms with Gasteiger partial charge >= 0.3 is 0 Å². The third kappa shape index (κ3) is 4.74. The first-order valence-electron chi connectivity index (χ1n) is 9.61. The Kier molecular flexibility index (Phi) is 5.99. The molecule has 0 radical (unpaired) electrons. The summed E-state index contributed by atoms with van der Waals surface area (Å²) in [5, 5.41) is 7.41. The molecule has 0 saturated heterocycles. The van der Waals surface area contributed by atoms with E-state index in [-0.39, 0.29) is 5.91 Å². The molecule has 2 heterocycles. The zero-order chi connectivity index (χ0) is 22.0. The summed E-state index contributed by atoms with van der Waals surface area (Å²) in [7, 11) is 0. The van der Waals surface area contributed by atoms with Gasteiger partial charge in [-0.15, -0.1) is 0 Å². The molecule has 1 N–H and O–H groups in total. The molecule has 0 unspecified atom stereocenters. The predicted molar refractivity (Wildman–Crippen MR) is 127 cm³/mol. The largest absolute Gasteiger partial charge is 0.439 e. The molecular weight excluding hydrogens is 505 g/mol. The molecule has 31 heavy (non-hydrogen) atoms. The van der Waals surface area contributed by atoms with Gasteiger partial charge in [0.15, 0.2) is 5.82 Å². The molecule has 4 rings (SSSR count). The third-order valence-corrected chi connectivity index (χ3v) is 5.59. The van der Waals surface area contributed by atoms with Crippen molar-refractivity contribution in [3.63, 3.8) is 0 Å². The lowest BCUT2D eigenvalue weighted by Gasteiger charge is -2.09. The first-order chi connectivity index (χ1) is 14.9. The first kappa shape index (κ1) is 21.0. The van der Waals surface area contributed by atoms with Crippen LogP contribution < -0.4 is 10.1 Å². The number of amides is 1. The number of hydrogen-bond acceptors (Lipinski definition) is 5. The van der Waals surface area contributed by atoms with Crippen LogP contribution in [0.1, 0.15) is 27.3 Å². The van der Waals surface area contributed by atoms with E-state index < -0.39 is 0 Å². The van der Waals surface area contributed by atoms with Gasteiger partial charge in [-0.2, -0.15) is 5.10 Å². The summed E-state index contributed by atoms with van der Waals surface area (Å²) in [6, 6.07) is 16.3. The number of nitrogens with zero attached hydrogens (tertiary/aromatic N) is 4. The highest BCUT2D eigenvalue weighted by molar-refractivity contribution is 14.1. The Morgan fingerprint density at radius 3 is 2.48 bits per heavy atom. The van der Waals surface area contributed by atoms with Crippen LogP contribution in [0.4, 0.5) is 5.69 Å². The Hall–Kier alpha value is -3.27. The summed E-state index contributed by atoms with van der Waals surface area (Å²) in [6.45, 7) is 6.00. The highest BCUT2D eigenvalue weighted by Crippen LogP contribution is 2.24. The van der Waals surface area contributed by atoms with E-state index in [4.69, 9.17) is 4.74 Å². The zero-order valence-corrected chi connectivity index (χ0v) is 19.4. The molecule has 8 heteroatoms. The van der Waals surface area contributed by atoms with E-state index in [0.29, 0.717) is 28.7 Å². The number of carbonyl (C=O) groups excluding carboxylic acids is 1. The van der Waals surface area contributed by atoms with Gasteiger partial charge in [-0.3, -0.25) is 4.79 Å². The van der Waals surface area contributed by atoms with Crippen molar-refractivity contribution >= 4 is 34.2 Å². The number of nitrogens with one attached hydrogen (secondary N) is 1. The lowest BCUT2D eigenvalue weighted by Crippen LogP contribution is -2.11. The van der Waals surface area contributed by atoms with Crippen LogP contribution in [0.15, 0.2) is 60.9 Å². The van der Waals surface area contributed by atoms with Crippen molar-refractivity contribution in [1.29, 1.82) is 0 Å². The quantitative estimate of drug-likeness (QED) is 0.361. The molecule has 7 nitrogen and oxygen atoms in total. The van der Waals surface area contributed by atoms with Crippen molar-refractivity contribution in [2.45, 2.75) is 20.8 Å². The van der Waals surface area contributed by atoms with Gasteiger partial charge in [0.25, 0.3) is 5.91 Å². The van der Waals surface area contributed by atoms with E-state index in [1.54, 1.807) is 41.1 Å². The number of carbonyl (C=O) groups is 1. The molecule has 0 saturated carbocycles. The average molecular weight is 525 g/mol. The molecule has 0 aliphatic carbocycles. The van der Waals surface area contributed by atoms with Gasteiger partial charge in [0.2, 0.25) is 5.88 Å². The number of aryl methyl sites for hydroxylation is 1. The molecule has 156 valence electrons. The molecule has 0 fully saturated rings. The fourth-order valence-corrected chi connectivity index (χ4v) is 3.55. The third-order valence-electron chi connectivity index (χ3n) is 4.92. The number of anilines is 1. The summed E-state index contributed by atoms with van der Waals surface area (Å²) in [6.07, 6.45) is 1.45. The molecule has 4 aromatic rings. The normalized spacial score (nSPS) is 10.7. The van der Waals surface area contributed by atoms with Gasteiger partial charge in [-0.1, -0.05) is 6.07 Å². The van der Waals surface area contributed by atoms with Gasteiger partial charge in [0.1, 0.15) is 12.1 Å². The Balaban J connectivity index is 1.47. The maximum Gasteiger partial charge on any atom is 0.255 e. The monoisotopic (exact) mass is 525 g/mol. The van der Waals surface area contributed by atoms with Gasteiger partial charge in [0.05, 0.1) is 5.69 Å². The van der Waals surface area contributed by atoms with Gasteiger partial charge < -0.3 is 10.1 Å². The lowest BCUT2D eigenvalue weighted by molar-refractivity contribution is 0.102. The second kappa shape index (κ2) is 8.84. The summed E-state index contributed by atoms with van der Waals surface area (Å²) in [5.41, 5.74) is 4.40. The van der Waals surface area contributed by atoms with Crippen molar-refractivity contribution in [3.8, 4) is 17.4 Å². The van der Waals surface area contributed by atoms with Crippen LogP contribution in [0.3, 0.4) is 0 Å². The predicted octanol–water partition coefficient (Wildman–Crippen LogP) is 5.24. The Bertz CT molecular complexity index is 1250. The Labute approximate surface area is 193 Å². The molecule has 0 aliphatic heterocycles. The van der Waals surface area contributed by atoms with Crippen LogP contribution in [0.25, 0.3) is 5.82 Å². The number of rotatable bonds is 5. The lowest BCUT2D eigenvalue weighted by atomic mass is 10.2. The van der Waals surface area contributed by atoms with E-state index in [9.17, 15) is 4.79 Å². The molecule has 2 aromatic heterocycles. The van der Waals surface area contributed by atoms with Crippen LogP contribution in [0.5, 0.6) is 11.6 Å². The van der Waals surface area contributed by atoms with Crippen molar-refractivity contribution in [2.75, 3.05) is 5.32 Å². The van der Waals surface area contributed by atoms with Crippen LogP contribution in [-0.2, 0) is 0 Å². The van der Waals surface area contributed by atoms with Crippen LogP contribution in [-0.4, -0.2) is 25.7 Å². The summed E-state index contributed by atoms with van der Waals surface area (Å²) < 4.78 is 8.66. The summed E-state index contributed by atoms with van der Waals surface area (Å²) in [5.74, 6) is 1.49. The highest BCUT2D eigenvalue weighted by Gasteiger charge is 2.12. The van der Waals surface area contributed by atoms with Gasteiger partial charge in [-0.05, 0) is 91.4 Å². The summed E-state index contributed by atoms with van der Waals surface area (Å²) in [4.78, 5) is 20.9. The first-order valence-corrected chi connectivity index (χ1v) is 10.7. The molecule has 0 bridgehead atoms. The second-order valence-electron chi connectivity index (χ2n) is 7.01. The Morgan fingerprint density at radius 1 is 1.03 bits per heavy atom. The minimum atomic E-state index is -0.159. The smallest absolute Gasteiger partial charge is 0.255 e. The molecule has 2 aromatic carbocycles. The maximum atomic E-state index is 12.4. The minimum Gasteiger partial charge on any atom is -0.439 e. The fraction of sp³-hybridized carbons (Fsp3) is 0.130. The second-order valence-corrected chi connectivity index (χ2v) is 8.26. The molecule has 0 aliphatic rings. The highest BCUT2D eigenvalue weighted by atomic mass is 127. The Morgan fingerprint density at radius 2 is 1.81 bits per heavy atom. The van der Waals surface area contributed by atoms with Crippen molar-refractivity contribution in [1.82, 2.24) is 19.7 Å². The van der Waals surface area contributed by atoms with Gasteiger partial charge in [-0.25, -0.2) is 14.6 Å². The maximum absolute atomic E-state index is 12.4. The van der Waals surface area contributed by atoms with Gasteiger partial charge in [0, 0.05) is 26.6 Å². The fourth-order valence-electron chi connectivity index (χ4n) is 3.01. The SMILES string of the molecule is Cc1nn(-c2cc(Oc3ccc(NC(=O)c4cccc(I)c4)cc3)ncn2)c(C)c1C. The van der Waals surface area contributed by atoms with Crippen molar-refractivity contribution < 1.29 is 9.53 Å². The van der Waals surface area contributed by atoms with Crippen molar-refractivity contribution in [2.24, 2.45) is 0 Å². The van der Waals surface area contributed by atoms with Crippen LogP contribution >= 0.6 is 22.6 Å². The van der Waals surface area contributed by atoms with E-state index in [1.165, 1.54) is 6.33 Å². The standard InChI is InChI=1S/C23H20IN5O2/c1-14-15(2)28-29(16(14)3)21-12-22(26-13-25-21)31-20-9-7-19(8-10-20)27-23(30)17-5-4-6-18(24)11-17/h4-13H,1-3H3,(H,27,30). The van der Waals surface area contributed by atoms with Crippen LogP contribution in [0, 0.1) is 24.3 Å². The van der Waals surface area contributed by atoms with Crippen molar-refractivity contribution in [3.05, 3.63) is 87.0 Å². The molecule has 0 atom stereocenters. The summed E-state index contributed by atoms with van der Waals surface area (Å²) >= 11 is 2.18. The van der Waals surface area contributed by atoms with E-state index in [0.717, 1.165) is 20.5 Å². The van der Waals surface area contributed by atoms with E-state index >= 15 is 0 Å². The number of hydrogen-bond donors (Lipinski definition) is 1. The van der Waals surface area contributed by atoms with Crippen LogP contribution in [0.2, 0.25) is 0 Å². The topological polar surface area (TPSA) is 81.9 Å². The van der Waals surface area contributed by atoms with E-state index in [1.807, 2.05) is 39.0 Å². The van der Waals surface area contributed by atoms with E-state index in [2.05, 4.69) is 43.0 Å². The number of aromatic nitrogens is 4. The zero-order valence-electron chi connectivity index (χ0n) is 17.3. The minimum absolute atomic E-state index is 0.159.